The molecule has 0 saturated carbocycles. The van der Waals surface area contributed by atoms with Crippen molar-refractivity contribution in [1.29, 1.82) is 0 Å². The Balaban J connectivity index is 1.99. The van der Waals surface area contributed by atoms with E-state index in [2.05, 4.69) is 19.7 Å². The summed E-state index contributed by atoms with van der Waals surface area (Å²) in [6.07, 6.45) is 1.07. The average Bonchev–Trinajstić information content (AvgIpc) is 3.07. The Morgan fingerprint density at radius 3 is 3.00 bits per heavy atom. The largest absolute Gasteiger partial charge is 0.493 e. The van der Waals surface area contributed by atoms with Crippen molar-refractivity contribution in [2.75, 3.05) is 14.1 Å². The molecule has 0 amide bonds. The number of imidazole rings is 1. The number of hydrogen-bond donors (Lipinski definition) is 1. The van der Waals surface area contributed by atoms with Crippen LogP contribution >= 0.6 is 0 Å². The van der Waals surface area contributed by atoms with Crippen molar-refractivity contribution in [2.45, 2.75) is 17.4 Å². The lowest BCUT2D eigenvalue weighted by molar-refractivity contribution is -0.0497. The molecule has 0 spiro atoms. The minimum atomic E-state index is -4.17. The molecule has 0 radical (unpaired) electrons. The van der Waals surface area contributed by atoms with E-state index >= 15 is 0 Å². The van der Waals surface area contributed by atoms with E-state index in [1.807, 2.05) is 0 Å². The van der Waals surface area contributed by atoms with E-state index < -0.39 is 35.8 Å². The normalized spacial score (nSPS) is 17.2. The molecular weight excluding hydrogens is 368 g/mol. The van der Waals surface area contributed by atoms with E-state index in [0.717, 1.165) is 31.5 Å². The van der Waals surface area contributed by atoms with Gasteiger partial charge in [-0.3, -0.25) is 9.19 Å². The average molecular weight is 389 g/mol. The van der Waals surface area contributed by atoms with Crippen LogP contribution in [0.2, 0.25) is 0 Å². The molecule has 1 atom stereocenters. The van der Waals surface area contributed by atoms with Gasteiger partial charge in [-0.25, -0.2) is 4.98 Å². The van der Waals surface area contributed by atoms with Crippen molar-refractivity contribution in [2.24, 2.45) is 0 Å². The fraction of sp³-hybridized carbons (Fsp3) is 0.250. The standard InChI is InChI=1S/C16H15F2N3O4S/c1-23-13-5-6-19-12(14(13)24-2)8-26(22)16-20-10-4-3-9(25-15(17)18)7-11(10)21-16/h3-7,15H,8H2,1-2H3,(H,20,21)/i1D3,8D2,15D. The predicted octanol–water partition coefficient (Wildman–Crippen LogP) is 2.88. The van der Waals surface area contributed by atoms with Crippen molar-refractivity contribution in [1.82, 2.24) is 15.0 Å². The van der Waals surface area contributed by atoms with Crippen LogP contribution in [0.25, 0.3) is 11.0 Å². The van der Waals surface area contributed by atoms with Gasteiger partial charge >= 0.3 is 6.59 Å². The number of alkyl halides is 2. The van der Waals surface area contributed by atoms with E-state index in [1.165, 1.54) is 6.07 Å². The summed E-state index contributed by atoms with van der Waals surface area (Å²) in [4.78, 5) is 10.4. The van der Waals surface area contributed by atoms with Crippen LogP contribution in [0.5, 0.6) is 17.2 Å². The minimum Gasteiger partial charge on any atom is -0.493 e. The number of nitrogens with zero attached hydrogens (tertiary/aromatic N) is 2. The number of aromatic nitrogens is 3. The van der Waals surface area contributed by atoms with Gasteiger partial charge in [0.1, 0.15) is 5.75 Å². The van der Waals surface area contributed by atoms with Crippen LogP contribution in [0.15, 0.2) is 35.6 Å². The second-order valence-corrected chi connectivity index (χ2v) is 5.84. The Bertz CT molecular complexity index is 1170. The number of hydrogen-bond acceptors (Lipinski definition) is 6. The highest BCUT2D eigenvalue weighted by Gasteiger charge is 2.17. The summed E-state index contributed by atoms with van der Waals surface area (Å²) in [5.74, 6) is -1.06. The molecule has 7 nitrogen and oxygen atoms in total. The first-order chi connectivity index (χ1) is 14.7. The van der Waals surface area contributed by atoms with Crippen molar-refractivity contribution >= 4 is 21.8 Å². The summed E-state index contributed by atoms with van der Waals surface area (Å²) in [6, 6.07) is 4.61. The highest BCUT2D eigenvalue weighted by atomic mass is 32.2. The third-order valence-corrected chi connectivity index (χ3v) is 4.10. The topological polar surface area (TPSA) is 86.3 Å². The molecule has 0 fully saturated rings. The summed E-state index contributed by atoms with van der Waals surface area (Å²) in [7, 11) is -4.26. The van der Waals surface area contributed by atoms with Gasteiger partial charge in [0.15, 0.2) is 18.0 Å². The third-order valence-electron chi connectivity index (χ3n) is 3.17. The van der Waals surface area contributed by atoms with E-state index in [1.54, 1.807) is 0 Å². The van der Waals surface area contributed by atoms with Crippen LogP contribution < -0.4 is 14.2 Å². The lowest BCUT2D eigenvalue weighted by Gasteiger charge is -2.10. The molecule has 1 aromatic carbocycles. The van der Waals surface area contributed by atoms with Crippen molar-refractivity contribution in [3.8, 4) is 17.2 Å². The first-order valence-electron chi connectivity index (χ1n) is 9.92. The fourth-order valence-electron chi connectivity index (χ4n) is 2.12. The zero-order valence-electron chi connectivity index (χ0n) is 19.1. The molecule has 1 N–H and O–H groups in total. The highest BCUT2D eigenvalue weighted by molar-refractivity contribution is 7.84. The molecule has 3 aromatic rings. The minimum absolute atomic E-state index is 0.102. The second-order valence-electron chi connectivity index (χ2n) is 4.71. The molecule has 0 saturated heterocycles. The summed E-state index contributed by atoms with van der Waals surface area (Å²) in [5.41, 5.74) is -2.96. The Hall–Kier alpha value is -2.75. The fourth-order valence-corrected chi connectivity index (χ4v) is 2.92. The molecule has 0 aliphatic rings. The number of halogens is 2. The van der Waals surface area contributed by atoms with E-state index in [9.17, 15) is 13.0 Å². The Kier molecular flexibility index (Phi) is 3.47. The van der Waals surface area contributed by atoms with E-state index in [0.29, 0.717) is 0 Å². The number of rotatable bonds is 7. The maximum atomic E-state index is 13.0. The number of pyridine rings is 1. The number of aromatic amines is 1. The Morgan fingerprint density at radius 1 is 1.42 bits per heavy atom. The molecular formula is C16H15F2N3O4S. The molecule has 138 valence electrons. The van der Waals surface area contributed by atoms with Gasteiger partial charge in [-0.1, -0.05) is 0 Å². The summed E-state index contributed by atoms with van der Waals surface area (Å²) in [6.45, 7) is -4.17. The number of fused-ring (bicyclic) bond motifs is 1. The smallest absolute Gasteiger partial charge is 0.387 e. The molecule has 2 heterocycles. The van der Waals surface area contributed by atoms with Crippen LogP contribution in [0.3, 0.4) is 0 Å². The summed E-state index contributed by atoms with van der Waals surface area (Å²) < 4.78 is 97.4. The van der Waals surface area contributed by atoms with E-state index in [4.69, 9.17) is 17.7 Å². The predicted molar refractivity (Wildman–Crippen MR) is 90.2 cm³/mol. The lowest BCUT2D eigenvalue weighted by atomic mass is 10.3. The first-order valence-corrected chi connectivity index (χ1v) is 8.07. The van der Waals surface area contributed by atoms with Crippen molar-refractivity contribution in [3.63, 3.8) is 0 Å². The number of methoxy groups -OCH3 is 2. The molecule has 26 heavy (non-hydrogen) atoms. The van der Waals surface area contributed by atoms with Crippen LogP contribution in [0, 0.1) is 0 Å². The molecule has 3 rings (SSSR count). The molecule has 0 aliphatic carbocycles. The van der Waals surface area contributed by atoms with Crippen LogP contribution in [-0.4, -0.2) is 39.9 Å². The van der Waals surface area contributed by atoms with Gasteiger partial charge in [0.05, 0.1) is 51.5 Å². The van der Waals surface area contributed by atoms with Crippen LogP contribution in [0.1, 0.15) is 13.9 Å². The quantitative estimate of drug-likeness (QED) is 0.669. The van der Waals surface area contributed by atoms with Gasteiger partial charge in [0, 0.05) is 21.1 Å². The monoisotopic (exact) mass is 389 g/mol. The van der Waals surface area contributed by atoms with Gasteiger partial charge in [-0.05, 0) is 12.1 Å². The molecule has 1 unspecified atom stereocenters. The molecule has 0 aliphatic heterocycles. The third kappa shape index (κ3) is 3.74. The maximum absolute atomic E-state index is 13.0. The zero-order chi connectivity index (χ0) is 23.9. The number of ether oxygens (including phenoxy) is 3. The summed E-state index contributed by atoms with van der Waals surface area (Å²) in [5, 5.41) is -0.356. The lowest BCUT2D eigenvalue weighted by Crippen LogP contribution is -2.04. The first kappa shape index (κ1) is 11.8. The highest BCUT2D eigenvalue weighted by Crippen LogP contribution is 2.30. The van der Waals surface area contributed by atoms with Gasteiger partial charge in [-0.15, -0.1) is 0 Å². The Morgan fingerprint density at radius 2 is 2.27 bits per heavy atom. The van der Waals surface area contributed by atoms with Crippen LogP contribution in [-0.2, 0) is 16.5 Å². The van der Waals surface area contributed by atoms with E-state index in [-0.39, 0.29) is 33.4 Å². The maximum Gasteiger partial charge on any atom is 0.387 e. The summed E-state index contributed by atoms with van der Waals surface area (Å²) >= 11 is 0. The number of H-pyrrole nitrogens is 1. The molecule has 0 bridgehead atoms. The van der Waals surface area contributed by atoms with Gasteiger partial charge in [0.25, 0.3) is 0 Å². The van der Waals surface area contributed by atoms with Crippen molar-refractivity contribution < 1.29 is 35.4 Å². The van der Waals surface area contributed by atoms with Crippen molar-refractivity contribution in [3.05, 3.63) is 36.2 Å². The second kappa shape index (κ2) is 7.65. The van der Waals surface area contributed by atoms with Gasteiger partial charge in [0.2, 0.25) is 0 Å². The molecule has 2 aromatic heterocycles. The van der Waals surface area contributed by atoms with Gasteiger partial charge < -0.3 is 19.2 Å². The zero-order valence-corrected chi connectivity index (χ0v) is 13.9. The SMILES string of the molecule is [2H]C([2H])([2H])Oc1ccnc(C([2H])([2H])S(=O)c2nc3ccc(OC([2H])(F)F)cc3[nH]2)c1OC. The van der Waals surface area contributed by atoms with Crippen LogP contribution in [0.4, 0.5) is 8.78 Å². The van der Waals surface area contributed by atoms with Gasteiger partial charge in [-0.2, -0.15) is 8.78 Å². The number of benzene rings is 1. The molecule has 10 heteroatoms. The number of nitrogens with one attached hydrogen (secondary N) is 1. The Labute approximate surface area is 158 Å².